The van der Waals surface area contributed by atoms with E-state index in [1.165, 1.54) is 13.2 Å². The minimum absolute atomic E-state index is 0.243. The van der Waals surface area contributed by atoms with Gasteiger partial charge in [0.1, 0.15) is 5.75 Å². The van der Waals surface area contributed by atoms with Gasteiger partial charge in [0, 0.05) is 12.7 Å². The number of ether oxygens (including phenoxy) is 1. The Bertz CT molecular complexity index is 608. The lowest BCUT2D eigenvalue weighted by atomic mass is 10.0. The van der Waals surface area contributed by atoms with E-state index in [2.05, 4.69) is 10.3 Å². The maximum atomic E-state index is 12.7. The largest absolute Gasteiger partial charge is 0.496 e. The second-order valence-electron chi connectivity index (χ2n) is 4.59. The van der Waals surface area contributed by atoms with Gasteiger partial charge in [-0.25, -0.2) is 0 Å². The van der Waals surface area contributed by atoms with Crippen molar-refractivity contribution in [3.8, 4) is 5.75 Å². The van der Waals surface area contributed by atoms with Crippen LogP contribution in [0.25, 0.3) is 0 Å². The average Bonchev–Trinajstić information content (AvgIpc) is 2.92. The SMILES string of the molecule is CCn1cc(CCc2ccc(C(F)(F)F)cc2OC)nn1. The Hall–Kier alpha value is -2.05. The number of nitrogens with zero attached hydrogens (tertiary/aromatic N) is 3. The first-order valence-corrected chi connectivity index (χ1v) is 6.57. The lowest BCUT2D eigenvalue weighted by Gasteiger charge is -2.12. The van der Waals surface area contributed by atoms with Crippen molar-refractivity contribution in [1.82, 2.24) is 15.0 Å². The van der Waals surface area contributed by atoms with Gasteiger partial charge in [0.2, 0.25) is 0 Å². The van der Waals surface area contributed by atoms with Crippen LogP contribution in [0.1, 0.15) is 23.7 Å². The number of benzene rings is 1. The van der Waals surface area contributed by atoms with E-state index in [0.29, 0.717) is 12.8 Å². The van der Waals surface area contributed by atoms with Crippen LogP contribution >= 0.6 is 0 Å². The van der Waals surface area contributed by atoms with E-state index >= 15 is 0 Å². The highest BCUT2D eigenvalue weighted by atomic mass is 19.4. The fourth-order valence-corrected chi connectivity index (χ4v) is 2.00. The lowest BCUT2D eigenvalue weighted by molar-refractivity contribution is -0.137. The summed E-state index contributed by atoms with van der Waals surface area (Å²) in [6.45, 7) is 2.69. The molecule has 0 aliphatic carbocycles. The summed E-state index contributed by atoms with van der Waals surface area (Å²) in [7, 11) is 1.37. The predicted octanol–water partition coefficient (Wildman–Crippen LogP) is 3.11. The number of alkyl halides is 3. The highest BCUT2D eigenvalue weighted by Crippen LogP contribution is 2.33. The van der Waals surface area contributed by atoms with Crippen molar-refractivity contribution in [2.75, 3.05) is 7.11 Å². The Morgan fingerprint density at radius 2 is 2.00 bits per heavy atom. The monoisotopic (exact) mass is 299 g/mol. The van der Waals surface area contributed by atoms with Gasteiger partial charge in [-0.3, -0.25) is 4.68 Å². The summed E-state index contributed by atoms with van der Waals surface area (Å²) in [4.78, 5) is 0. The Morgan fingerprint density at radius 1 is 1.24 bits per heavy atom. The molecule has 0 saturated heterocycles. The van der Waals surface area contributed by atoms with Gasteiger partial charge in [0.25, 0.3) is 0 Å². The number of aromatic nitrogens is 3. The average molecular weight is 299 g/mol. The molecule has 0 spiro atoms. The van der Waals surface area contributed by atoms with Crippen LogP contribution in [0.3, 0.4) is 0 Å². The third-order valence-electron chi connectivity index (χ3n) is 3.17. The van der Waals surface area contributed by atoms with Gasteiger partial charge in [-0.15, -0.1) is 5.10 Å². The highest BCUT2D eigenvalue weighted by molar-refractivity contribution is 5.39. The summed E-state index contributed by atoms with van der Waals surface area (Å²) >= 11 is 0. The molecule has 0 bridgehead atoms. The zero-order chi connectivity index (χ0) is 15.5. The van der Waals surface area contributed by atoms with Crippen LogP contribution in [0.15, 0.2) is 24.4 Å². The molecule has 21 heavy (non-hydrogen) atoms. The molecule has 0 N–H and O–H groups in total. The van der Waals surface area contributed by atoms with E-state index in [-0.39, 0.29) is 5.75 Å². The molecule has 0 unspecified atom stereocenters. The summed E-state index contributed by atoms with van der Waals surface area (Å²) in [5.74, 6) is 0.243. The summed E-state index contributed by atoms with van der Waals surface area (Å²) in [5.41, 5.74) is 0.815. The van der Waals surface area contributed by atoms with Crippen LogP contribution in [0.2, 0.25) is 0 Å². The van der Waals surface area contributed by atoms with Gasteiger partial charge in [-0.05, 0) is 37.5 Å². The number of hydrogen-bond acceptors (Lipinski definition) is 3. The van der Waals surface area contributed by atoms with E-state index in [0.717, 1.165) is 29.9 Å². The Kier molecular flexibility index (Phi) is 4.50. The third kappa shape index (κ3) is 3.74. The molecule has 114 valence electrons. The van der Waals surface area contributed by atoms with Crippen LogP contribution in [0.4, 0.5) is 13.2 Å². The number of halogens is 3. The standard InChI is InChI=1S/C14H16F3N3O/c1-3-20-9-12(18-19-20)7-5-10-4-6-11(14(15,16)17)8-13(10)21-2/h4,6,8-9H,3,5,7H2,1-2H3. The normalized spacial score (nSPS) is 11.7. The van der Waals surface area contributed by atoms with Crippen molar-refractivity contribution >= 4 is 0 Å². The minimum Gasteiger partial charge on any atom is -0.496 e. The van der Waals surface area contributed by atoms with E-state index in [9.17, 15) is 13.2 Å². The summed E-state index contributed by atoms with van der Waals surface area (Å²) in [5, 5.41) is 7.93. The first kappa shape index (κ1) is 15.3. The van der Waals surface area contributed by atoms with Crippen molar-refractivity contribution < 1.29 is 17.9 Å². The van der Waals surface area contributed by atoms with Gasteiger partial charge in [-0.1, -0.05) is 11.3 Å². The van der Waals surface area contributed by atoms with Crippen LogP contribution in [-0.2, 0) is 25.6 Å². The van der Waals surface area contributed by atoms with Gasteiger partial charge >= 0.3 is 6.18 Å². The third-order valence-corrected chi connectivity index (χ3v) is 3.17. The van der Waals surface area contributed by atoms with Gasteiger partial charge in [0.15, 0.2) is 0 Å². The molecule has 4 nitrogen and oxygen atoms in total. The molecule has 2 aromatic rings. The summed E-state index contributed by atoms with van der Waals surface area (Å²) < 4.78 is 44.7. The first-order valence-electron chi connectivity index (χ1n) is 6.57. The quantitative estimate of drug-likeness (QED) is 0.851. The summed E-state index contributed by atoms with van der Waals surface area (Å²) in [6.07, 6.45) is -1.39. The van der Waals surface area contributed by atoms with Crippen LogP contribution in [-0.4, -0.2) is 22.1 Å². The molecule has 1 aromatic carbocycles. The Morgan fingerprint density at radius 3 is 2.57 bits per heavy atom. The molecule has 0 amide bonds. The maximum Gasteiger partial charge on any atom is 0.416 e. The molecular weight excluding hydrogens is 283 g/mol. The van der Waals surface area contributed by atoms with Crippen molar-refractivity contribution in [3.05, 3.63) is 41.2 Å². The molecule has 1 heterocycles. The lowest BCUT2D eigenvalue weighted by Crippen LogP contribution is -2.06. The number of hydrogen-bond donors (Lipinski definition) is 0. The topological polar surface area (TPSA) is 39.9 Å². The zero-order valence-electron chi connectivity index (χ0n) is 11.8. The molecular formula is C14H16F3N3O. The van der Waals surface area contributed by atoms with E-state index in [4.69, 9.17) is 4.74 Å². The van der Waals surface area contributed by atoms with Crippen molar-refractivity contribution in [2.24, 2.45) is 0 Å². The maximum absolute atomic E-state index is 12.7. The van der Waals surface area contributed by atoms with E-state index in [1.54, 1.807) is 4.68 Å². The van der Waals surface area contributed by atoms with E-state index < -0.39 is 11.7 Å². The Balaban J connectivity index is 2.12. The Labute approximate surface area is 120 Å². The van der Waals surface area contributed by atoms with Crippen molar-refractivity contribution in [2.45, 2.75) is 32.5 Å². The van der Waals surface area contributed by atoms with Gasteiger partial charge in [0.05, 0.1) is 18.4 Å². The first-order chi connectivity index (χ1) is 9.94. The second-order valence-corrected chi connectivity index (χ2v) is 4.59. The molecule has 2 rings (SSSR count). The fourth-order valence-electron chi connectivity index (χ4n) is 2.00. The van der Waals surface area contributed by atoms with Crippen molar-refractivity contribution in [3.63, 3.8) is 0 Å². The molecule has 0 aliphatic rings. The second kappa shape index (κ2) is 6.15. The number of methoxy groups -OCH3 is 1. The highest BCUT2D eigenvalue weighted by Gasteiger charge is 2.31. The molecule has 0 radical (unpaired) electrons. The minimum atomic E-state index is -4.37. The summed E-state index contributed by atoms with van der Waals surface area (Å²) in [6, 6.07) is 3.55. The molecule has 0 fully saturated rings. The number of rotatable bonds is 5. The van der Waals surface area contributed by atoms with Crippen LogP contribution in [0, 0.1) is 0 Å². The fraction of sp³-hybridized carbons (Fsp3) is 0.429. The van der Waals surface area contributed by atoms with Crippen molar-refractivity contribution in [1.29, 1.82) is 0 Å². The molecule has 7 heteroatoms. The molecule has 0 saturated carbocycles. The zero-order valence-corrected chi connectivity index (χ0v) is 11.8. The van der Waals surface area contributed by atoms with E-state index in [1.807, 2.05) is 13.1 Å². The smallest absolute Gasteiger partial charge is 0.416 e. The predicted molar refractivity (Wildman–Crippen MR) is 71.1 cm³/mol. The van der Waals surface area contributed by atoms with Gasteiger partial charge < -0.3 is 4.74 Å². The van der Waals surface area contributed by atoms with Crippen LogP contribution < -0.4 is 4.74 Å². The van der Waals surface area contributed by atoms with Crippen LogP contribution in [0.5, 0.6) is 5.75 Å². The molecule has 1 aromatic heterocycles. The molecule has 0 atom stereocenters. The number of aryl methyl sites for hydroxylation is 3. The van der Waals surface area contributed by atoms with Gasteiger partial charge in [-0.2, -0.15) is 13.2 Å². The molecule has 0 aliphatic heterocycles.